The van der Waals surface area contributed by atoms with Gasteiger partial charge in [0.15, 0.2) is 11.6 Å². The van der Waals surface area contributed by atoms with E-state index in [9.17, 15) is 9.18 Å². The number of nitrogens with zero attached hydrogens (tertiary/aromatic N) is 5. The van der Waals surface area contributed by atoms with E-state index in [-0.39, 0.29) is 11.8 Å². The van der Waals surface area contributed by atoms with Gasteiger partial charge in [-0.1, -0.05) is 16.8 Å². The Bertz CT molecular complexity index is 1100. The van der Waals surface area contributed by atoms with Crippen LogP contribution in [0.3, 0.4) is 0 Å². The molecule has 162 valence electrons. The molecule has 3 heterocycles. The van der Waals surface area contributed by atoms with Crippen molar-refractivity contribution in [3.63, 3.8) is 0 Å². The van der Waals surface area contributed by atoms with Crippen LogP contribution in [0.2, 0.25) is 5.02 Å². The SMILES string of the molecule is C[C@@H]1OC(=O)N(c2nc(NCCc3nc(-c4ccc(Cl)cc4)no3)ncc2F)C1(C)C. The highest BCUT2D eigenvalue weighted by molar-refractivity contribution is 6.30. The van der Waals surface area contributed by atoms with Gasteiger partial charge in [0.1, 0.15) is 6.10 Å². The van der Waals surface area contributed by atoms with Crippen molar-refractivity contribution in [2.75, 3.05) is 16.8 Å². The molecular formula is C20H20ClFN6O3. The van der Waals surface area contributed by atoms with Gasteiger partial charge in [-0.15, -0.1) is 0 Å². The average Bonchev–Trinajstić information content (AvgIpc) is 3.26. The molecule has 9 nitrogen and oxygen atoms in total. The molecule has 3 aromatic rings. The van der Waals surface area contributed by atoms with Gasteiger partial charge in [0.05, 0.1) is 11.7 Å². The van der Waals surface area contributed by atoms with Crippen molar-refractivity contribution in [3.05, 3.63) is 47.2 Å². The standard InChI is InChI=1S/C20H20ClFN6O3/c1-11-20(2,3)28(19(29)30-11)17-14(22)10-24-18(26-17)23-9-8-15-25-16(27-31-15)12-4-6-13(21)7-5-12/h4-7,10-11H,8-9H2,1-3H3,(H,23,24,26)/t11-/m0/s1. The number of hydrogen-bond acceptors (Lipinski definition) is 8. The van der Waals surface area contributed by atoms with E-state index in [1.165, 1.54) is 4.90 Å². The number of halogens is 2. The summed E-state index contributed by atoms with van der Waals surface area (Å²) < 4.78 is 24.9. The molecule has 2 aromatic heterocycles. The average molecular weight is 447 g/mol. The second-order valence-corrected chi connectivity index (χ2v) is 8.01. The number of aromatic nitrogens is 4. The molecule has 1 fully saturated rings. The van der Waals surface area contributed by atoms with E-state index in [4.69, 9.17) is 20.9 Å². The van der Waals surface area contributed by atoms with Crippen molar-refractivity contribution < 1.29 is 18.4 Å². The van der Waals surface area contributed by atoms with Crippen LogP contribution >= 0.6 is 11.6 Å². The largest absolute Gasteiger partial charge is 0.444 e. The Balaban J connectivity index is 1.43. The number of anilines is 2. The first-order valence-electron chi connectivity index (χ1n) is 9.61. The van der Waals surface area contributed by atoms with Gasteiger partial charge in [0.2, 0.25) is 17.7 Å². The third kappa shape index (κ3) is 4.15. The number of nitrogens with one attached hydrogen (secondary N) is 1. The predicted octanol–water partition coefficient (Wildman–Crippen LogP) is 4.10. The minimum atomic E-state index is -0.759. The van der Waals surface area contributed by atoms with Crippen LogP contribution in [0.15, 0.2) is 35.0 Å². The Morgan fingerprint density at radius 3 is 2.68 bits per heavy atom. The number of amides is 1. The lowest BCUT2D eigenvalue weighted by Gasteiger charge is -2.29. The molecule has 0 aliphatic carbocycles. The second-order valence-electron chi connectivity index (χ2n) is 7.58. The maximum absolute atomic E-state index is 14.4. The summed E-state index contributed by atoms with van der Waals surface area (Å²) in [5, 5.41) is 7.56. The van der Waals surface area contributed by atoms with E-state index in [1.54, 1.807) is 45.0 Å². The van der Waals surface area contributed by atoms with Crippen LogP contribution in [0.25, 0.3) is 11.4 Å². The van der Waals surface area contributed by atoms with Gasteiger partial charge in [-0.25, -0.2) is 19.1 Å². The molecule has 1 aromatic carbocycles. The Hall–Kier alpha value is -3.27. The molecular weight excluding hydrogens is 427 g/mol. The molecule has 31 heavy (non-hydrogen) atoms. The van der Waals surface area contributed by atoms with E-state index >= 15 is 0 Å². The van der Waals surface area contributed by atoms with Crippen LogP contribution < -0.4 is 10.2 Å². The van der Waals surface area contributed by atoms with Crippen LogP contribution in [-0.2, 0) is 11.2 Å². The fraction of sp³-hybridized carbons (Fsp3) is 0.350. The van der Waals surface area contributed by atoms with Crippen molar-refractivity contribution in [1.82, 2.24) is 20.1 Å². The molecule has 1 aliphatic heterocycles. The minimum absolute atomic E-state index is 0.139. The molecule has 0 spiro atoms. The smallest absolute Gasteiger partial charge is 0.416 e. The molecule has 1 N–H and O–H groups in total. The first-order chi connectivity index (χ1) is 14.8. The van der Waals surface area contributed by atoms with Crippen molar-refractivity contribution in [2.45, 2.75) is 38.8 Å². The number of cyclic esters (lactones) is 1. The number of rotatable bonds is 6. The second kappa shape index (κ2) is 8.10. The van der Waals surface area contributed by atoms with E-state index in [2.05, 4.69) is 25.4 Å². The normalized spacial score (nSPS) is 17.6. The third-order valence-corrected chi connectivity index (χ3v) is 5.41. The molecule has 4 rings (SSSR count). The maximum atomic E-state index is 14.4. The fourth-order valence-corrected chi connectivity index (χ4v) is 3.20. The molecule has 1 atom stereocenters. The molecule has 0 radical (unpaired) electrons. The number of hydrogen-bond donors (Lipinski definition) is 1. The lowest BCUT2D eigenvalue weighted by molar-refractivity contribution is 0.129. The molecule has 1 saturated heterocycles. The molecule has 0 bridgehead atoms. The monoisotopic (exact) mass is 446 g/mol. The predicted molar refractivity (Wildman–Crippen MR) is 111 cm³/mol. The zero-order valence-electron chi connectivity index (χ0n) is 17.1. The van der Waals surface area contributed by atoms with E-state index in [0.717, 1.165) is 11.8 Å². The number of benzene rings is 1. The highest BCUT2D eigenvalue weighted by Crippen LogP contribution is 2.35. The minimum Gasteiger partial charge on any atom is -0.444 e. The molecule has 0 unspecified atom stereocenters. The third-order valence-electron chi connectivity index (χ3n) is 5.16. The first kappa shape index (κ1) is 21.0. The van der Waals surface area contributed by atoms with Gasteiger partial charge in [0.25, 0.3) is 0 Å². The van der Waals surface area contributed by atoms with Gasteiger partial charge in [-0.3, -0.25) is 0 Å². The Kier molecular flexibility index (Phi) is 5.48. The highest BCUT2D eigenvalue weighted by Gasteiger charge is 2.48. The topological polar surface area (TPSA) is 106 Å². The van der Waals surface area contributed by atoms with Crippen molar-refractivity contribution in [3.8, 4) is 11.4 Å². The highest BCUT2D eigenvalue weighted by atomic mass is 35.5. The number of carbonyl (C=O) groups excluding carboxylic acids is 1. The quantitative estimate of drug-likeness (QED) is 0.603. The molecule has 1 aliphatic rings. The van der Waals surface area contributed by atoms with Crippen LogP contribution in [-0.4, -0.2) is 44.4 Å². The zero-order chi connectivity index (χ0) is 22.2. The summed E-state index contributed by atoms with van der Waals surface area (Å²) in [4.78, 5) is 25.9. The Morgan fingerprint density at radius 1 is 1.26 bits per heavy atom. The van der Waals surface area contributed by atoms with Crippen LogP contribution in [0, 0.1) is 5.82 Å². The van der Waals surface area contributed by atoms with Gasteiger partial charge in [0, 0.05) is 23.6 Å². The Morgan fingerprint density at radius 2 is 2.00 bits per heavy atom. The van der Waals surface area contributed by atoms with Crippen LogP contribution in [0.4, 0.5) is 21.0 Å². The molecule has 11 heteroatoms. The van der Waals surface area contributed by atoms with Gasteiger partial charge >= 0.3 is 6.09 Å². The number of carbonyl (C=O) groups is 1. The Labute approximate surface area is 182 Å². The molecule has 1 amide bonds. The fourth-order valence-electron chi connectivity index (χ4n) is 3.08. The summed E-state index contributed by atoms with van der Waals surface area (Å²) in [6, 6.07) is 7.09. The van der Waals surface area contributed by atoms with Crippen LogP contribution in [0.1, 0.15) is 26.7 Å². The van der Waals surface area contributed by atoms with E-state index < -0.39 is 23.6 Å². The van der Waals surface area contributed by atoms with Gasteiger partial charge < -0.3 is 14.6 Å². The first-order valence-corrected chi connectivity index (χ1v) is 9.99. The van der Waals surface area contributed by atoms with Gasteiger partial charge in [-0.05, 0) is 45.0 Å². The molecule has 0 saturated carbocycles. The summed E-state index contributed by atoms with van der Waals surface area (Å²) in [5.41, 5.74) is 0.0268. The van der Waals surface area contributed by atoms with Crippen molar-refractivity contribution >= 4 is 29.5 Å². The van der Waals surface area contributed by atoms with Crippen molar-refractivity contribution in [2.24, 2.45) is 0 Å². The van der Waals surface area contributed by atoms with Crippen LogP contribution in [0.5, 0.6) is 0 Å². The maximum Gasteiger partial charge on any atom is 0.416 e. The van der Waals surface area contributed by atoms with E-state index in [1.807, 2.05) is 0 Å². The number of ether oxygens (including phenoxy) is 1. The zero-order valence-corrected chi connectivity index (χ0v) is 17.9. The summed E-state index contributed by atoms with van der Waals surface area (Å²) >= 11 is 5.89. The summed E-state index contributed by atoms with van der Waals surface area (Å²) in [6.07, 6.45) is 0.340. The lowest BCUT2D eigenvalue weighted by atomic mass is 9.98. The lowest BCUT2D eigenvalue weighted by Crippen LogP contribution is -2.46. The summed E-state index contributed by atoms with van der Waals surface area (Å²) in [5.74, 6) is 0.180. The van der Waals surface area contributed by atoms with E-state index in [0.29, 0.717) is 29.7 Å². The summed E-state index contributed by atoms with van der Waals surface area (Å²) in [6.45, 7) is 5.67. The van der Waals surface area contributed by atoms with Crippen molar-refractivity contribution in [1.29, 1.82) is 0 Å². The van der Waals surface area contributed by atoms with Gasteiger partial charge in [-0.2, -0.15) is 9.97 Å². The summed E-state index contributed by atoms with van der Waals surface area (Å²) in [7, 11) is 0.